The molecule has 4 heteroatoms. The van der Waals surface area contributed by atoms with E-state index in [2.05, 4.69) is 44.7 Å². The minimum atomic E-state index is -2.77. The Morgan fingerprint density at radius 2 is 1.62 bits per heavy atom. The second kappa shape index (κ2) is 5.56. The first-order chi connectivity index (χ1) is 9.66. The van der Waals surface area contributed by atoms with Gasteiger partial charge in [0.25, 0.3) is 0 Å². The lowest BCUT2D eigenvalue weighted by Crippen LogP contribution is -2.23. The molecule has 118 valence electrons. The third kappa shape index (κ3) is 3.20. The molecule has 1 aliphatic carbocycles. The van der Waals surface area contributed by atoms with Gasteiger partial charge < -0.3 is 10.1 Å². The lowest BCUT2D eigenvalue weighted by atomic mass is 10.0. The molecule has 1 N–H and O–H groups in total. The Labute approximate surface area is 125 Å². The van der Waals surface area contributed by atoms with Gasteiger partial charge in [0, 0.05) is 6.04 Å². The molecular weight excluding hydrogens is 272 g/mol. The maximum atomic E-state index is 12.1. The maximum Gasteiger partial charge on any atom is 0.387 e. The van der Waals surface area contributed by atoms with Crippen molar-refractivity contribution in [2.75, 3.05) is 6.54 Å². The van der Waals surface area contributed by atoms with Crippen molar-refractivity contribution in [3.8, 4) is 5.75 Å². The van der Waals surface area contributed by atoms with Gasteiger partial charge in [0.15, 0.2) is 0 Å². The molecule has 0 spiro atoms. The first-order valence-corrected chi connectivity index (χ1v) is 7.44. The van der Waals surface area contributed by atoms with Gasteiger partial charge in [-0.2, -0.15) is 8.78 Å². The SMILES string of the molecule is CC(NCC1C(C)(C)C1(C)C)c1ccc(OC(F)F)cc1. The largest absolute Gasteiger partial charge is 0.435 e. The van der Waals surface area contributed by atoms with Crippen molar-refractivity contribution in [2.24, 2.45) is 16.7 Å². The standard InChI is InChI=1S/C17H25F2NO/c1-11(20-10-14-16(2,3)17(14,4)5)12-6-8-13(9-7-12)21-15(18)19/h6-9,11,14-15,20H,10H2,1-5H3. The van der Waals surface area contributed by atoms with Crippen LogP contribution in [0.25, 0.3) is 0 Å². The summed E-state index contributed by atoms with van der Waals surface area (Å²) in [6, 6.07) is 7.03. The van der Waals surface area contributed by atoms with E-state index in [0.29, 0.717) is 16.7 Å². The Kier molecular flexibility index (Phi) is 4.29. The van der Waals surface area contributed by atoms with E-state index < -0.39 is 6.61 Å². The third-order valence-corrected chi connectivity index (χ3v) is 5.55. The molecule has 0 aromatic heterocycles. The van der Waals surface area contributed by atoms with Crippen LogP contribution < -0.4 is 10.1 Å². The number of nitrogens with one attached hydrogen (secondary N) is 1. The van der Waals surface area contributed by atoms with Crippen LogP contribution in [0.4, 0.5) is 8.78 Å². The number of hydrogen-bond acceptors (Lipinski definition) is 2. The number of hydrogen-bond donors (Lipinski definition) is 1. The summed E-state index contributed by atoms with van der Waals surface area (Å²) in [5, 5.41) is 3.54. The monoisotopic (exact) mass is 297 g/mol. The number of rotatable bonds is 6. The van der Waals surface area contributed by atoms with Gasteiger partial charge in [0.05, 0.1) is 0 Å². The second-order valence-electron chi connectivity index (χ2n) is 7.07. The number of ether oxygens (including phenoxy) is 1. The second-order valence-corrected chi connectivity index (χ2v) is 7.07. The van der Waals surface area contributed by atoms with Crippen LogP contribution in [0.15, 0.2) is 24.3 Å². The molecule has 0 bridgehead atoms. The highest BCUT2D eigenvalue weighted by Crippen LogP contribution is 2.68. The summed E-state index contributed by atoms with van der Waals surface area (Å²) < 4.78 is 28.6. The molecule has 0 amide bonds. The summed E-state index contributed by atoms with van der Waals surface area (Å²) >= 11 is 0. The predicted octanol–water partition coefficient (Wildman–Crippen LogP) is 4.62. The predicted molar refractivity (Wildman–Crippen MR) is 80.5 cm³/mol. The fourth-order valence-electron chi connectivity index (χ4n) is 3.19. The molecule has 2 rings (SSSR count). The van der Waals surface area contributed by atoms with Crippen molar-refractivity contribution in [3.63, 3.8) is 0 Å². The van der Waals surface area contributed by atoms with Crippen molar-refractivity contribution in [3.05, 3.63) is 29.8 Å². The van der Waals surface area contributed by atoms with Crippen molar-refractivity contribution in [1.82, 2.24) is 5.32 Å². The van der Waals surface area contributed by atoms with Crippen molar-refractivity contribution in [2.45, 2.75) is 47.3 Å². The van der Waals surface area contributed by atoms with Gasteiger partial charge >= 0.3 is 6.61 Å². The average molecular weight is 297 g/mol. The molecule has 0 heterocycles. The van der Waals surface area contributed by atoms with E-state index in [0.717, 1.165) is 12.1 Å². The first-order valence-electron chi connectivity index (χ1n) is 7.44. The normalized spacial score (nSPS) is 21.3. The van der Waals surface area contributed by atoms with Crippen LogP contribution in [0.2, 0.25) is 0 Å². The Morgan fingerprint density at radius 1 is 1.10 bits per heavy atom. The minimum Gasteiger partial charge on any atom is -0.435 e. The Bertz CT molecular complexity index is 468. The summed E-state index contributed by atoms with van der Waals surface area (Å²) in [7, 11) is 0. The molecule has 1 atom stereocenters. The summed E-state index contributed by atoms with van der Waals surface area (Å²) in [4.78, 5) is 0. The first kappa shape index (κ1) is 16.2. The van der Waals surface area contributed by atoms with E-state index in [1.807, 2.05) is 12.1 Å². The smallest absolute Gasteiger partial charge is 0.387 e. The van der Waals surface area contributed by atoms with Gasteiger partial charge in [-0.1, -0.05) is 39.8 Å². The number of halogens is 2. The topological polar surface area (TPSA) is 21.3 Å². The highest BCUT2D eigenvalue weighted by molar-refractivity contribution is 5.29. The Hall–Kier alpha value is -1.16. The van der Waals surface area contributed by atoms with Gasteiger partial charge in [-0.15, -0.1) is 0 Å². The van der Waals surface area contributed by atoms with E-state index in [4.69, 9.17) is 0 Å². The lowest BCUT2D eigenvalue weighted by Gasteiger charge is -2.15. The van der Waals surface area contributed by atoms with E-state index in [1.165, 1.54) is 0 Å². The number of benzene rings is 1. The Balaban J connectivity index is 1.88. The molecule has 1 unspecified atom stereocenters. The van der Waals surface area contributed by atoms with Crippen LogP contribution in [0.3, 0.4) is 0 Å². The number of alkyl halides is 2. The van der Waals surface area contributed by atoms with Crippen molar-refractivity contribution >= 4 is 0 Å². The zero-order valence-electron chi connectivity index (χ0n) is 13.4. The molecular formula is C17H25F2NO. The zero-order valence-corrected chi connectivity index (χ0v) is 13.4. The third-order valence-electron chi connectivity index (χ3n) is 5.55. The highest BCUT2D eigenvalue weighted by atomic mass is 19.3. The van der Waals surface area contributed by atoms with Gasteiger partial charge in [-0.3, -0.25) is 0 Å². The van der Waals surface area contributed by atoms with E-state index in [1.54, 1.807) is 12.1 Å². The van der Waals surface area contributed by atoms with Crippen LogP contribution >= 0.6 is 0 Å². The molecule has 1 saturated carbocycles. The molecule has 0 aliphatic heterocycles. The maximum absolute atomic E-state index is 12.1. The Morgan fingerprint density at radius 3 is 2.05 bits per heavy atom. The van der Waals surface area contributed by atoms with E-state index in [-0.39, 0.29) is 11.8 Å². The molecule has 0 radical (unpaired) electrons. The fourth-order valence-corrected chi connectivity index (χ4v) is 3.19. The van der Waals surface area contributed by atoms with E-state index >= 15 is 0 Å². The average Bonchev–Trinajstić information content (AvgIpc) is 2.77. The van der Waals surface area contributed by atoms with Crippen LogP contribution in [0.5, 0.6) is 5.75 Å². The molecule has 1 aromatic carbocycles. The van der Waals surface area contributed by atoms with Crippen molar-refractivity contribution < 1.29 is 13.5 Å². The van der Waals surface area contributed by atoms with Gasteiger partial charge in [-0.05, 0) is 47.9 Å². The lowest BCUT2D eigenvalue weighted by molar-refractivity contribution is -0.0498. The van der Waals surface area contributed by atoms with E-state index in [9.17, 15) is 8.78 Å². The quantitative estimate of drug-likeness (QED) is 0.827. The molecule has 2 nitrogen and oxygen atoms in total. The molecule has 0 saturated heterocycles. The molecule has 21 heavy (non-hydrogen) atoms. The summed E-state index contributed by atoms with van der Waals surface area (Å²) in [6.45, 7) is 9.51. The van der Waals surface area contributed by atoms with Gasteiger partial charge in [0.1, 0.15) is 5.75 Å². The van der Waals surface area contributed by atoms with Crippen LogP contribution in [-0.2, 0) is 0 Å². The van der Waals surface area contributed by atoms with Crippen molar-refractivity contribution in [1.29, 1.82) is 0 Å². The summed E-state index contributed by atoms with van der Waals surface area (Å²) in [5.41, 5.74) is 1.82. The summed E-state index contributed by atoms with van der Waals surface area (Å²) in [6.07, 6.45) is 0. The summed E-state index contributed by atoms with van der Waals surface area (Å²) in [5.74, 6) is 0.860. The van der Waals surface area contributed by atoms with Gasteiger partial charge in [0.2, 0.25) is 0 Å². The van der Waals surface area contributed by atoms with Gasteiger partial charge in [-0.25, -0.2) is 0 Å². The molecule has 1 aromatic rings. The highest BCUT2D eigenvalue weighted by Gasteiger charge is 2.63. The zero-order chi connectivity index (χ0) is 15.8. The van der Waals surface area contributed by atoms with Crippen LogP contribution in [0.1, 0.15) is 46.2 Å². The fraction of sp³-hybridized carbons (Fsp3) is 0.647. The van der Waals surface area contributed by atoms with Crippen LogP contribution in [-0.4, -0.2) is 13.2 Å². The molecule has 1 fully saturated rings. The van der Waals surface area contributed by atoms with Crippen LogP contribution in [0, 0.1) is 16.7 Å². The molecule has 1 aliphatic rings. The minimum absolute atomic E-state index is 0.192.